The van der Waals surface area contributed by atoms with Gasteiger partial charge in [0.2, 0.25) is 0 Å². The molecule has 0 aliphatic heterocycles. The molecule has 164 valence electrons. The van der Waals surface area contributed by atoms with Crippen molar-refractivity contribution in [2.24, 2.45) is 0 Å². The summed E-state index contributed by atoms with van der Waals surface area (Å²) in [6, 6.07) is 35.7. The number of pyridine rings is 3. The van der Waals surface area contributed by atoms with Crippen molar-refractivity contribution in [2.45, 2.75) is 0 Å². The molecule has 4 heteroatoms. The Hall–Kier alpha value is -4.83. The van der Waals surface area contributed by atoms with Crippen LogP contribution in [0.25, 0.3) is 60.9 Å². The molecule has 0 unspecified atom stereocenters. The van der Waals surface area contributed by atoms with E-state index in [1.54, 1.807) is 6.20 Å². The molecule has 4 nitrogen and oxygen atoms in total. The number of hydrogen-bond acceptors (Lipinski definition) is 3. The first-order chi connectivity index (χ1) is 17.4. The first-order valence-corrected chi connectivity index (χ1v) is 11.6. The molecule has 0 N–H and O–H groups in total. The molecule has 7 rings (SSSR count). The maximum atomic E-state index is 4.75. The Bertz CT molecular complexity index is 1820. The molecular formula is C31H20N4. The van der Waals surface area contributed by atoms with Crippen molar-refractivity contribution in [3.63, 3.8) is 0 Å². The summed E-state index contributed by atoms with van der Waals surface area (Å²) in [7, 11) is 0. The minimum absolute atomic E-state index is 0.859. The van der Waals surface area contributed by atoms with Gasteiger partial charge in [-0.1, -0.05) is 48.5 Å². The van der Waals surface area contributed by atoms with E-state index < -0.39 is 0 Å². The van der Waals surface area contributed by atoms with Crippen molar-refractivity contribution < 1.29 is 0 Å². The molecule has 35 heavy (non-hydrogen) atoms. The molecule has 0 saturated heterocycles. The van der Waals surface area contributed by atoms with Crippen molar-refractivity contribution in [2.75, 3.05) is 0 Å². The lowest BCUT2D eigenvalue weighted by atomic mass is 10.0. The lowest BCUT2D eigenvalue weighted by Crippen LogP contribution is -1.96. The average Bonchev–Trinajstić information content (AvgIpc) is 3.28. The van der Waals surface area contributed by atoms with E-state index in [1.807, 2.05) is 48.8 Å². The summed E-state index contributed by atoms with van der Waals surface area (Å²) in [6.07, 6.45) is 5.57. The Morgan fingerprint density at radius 3 is 2.03 bits per heavy atom. The Morgan fingerprint density at radius 2 is 1.26 bits per heavy atom. The van der Waals surface area contributed by atoms with Gasteiger partial charge in [0, 0.05) is 28.7 Å². The van der Waals surface area contributed by atoms with Crippen molar-refractivity contribution in [3.8, 4) is 28.3 Å². The second-order valence-electron chi connectivity index (χ2n) is 8.58. The van der Waals surface area contributed by atoms with E-state index in [4.69, 9.17) is 4.98 Å². The predicted octanol–water partition coefficient (Wildman–Crippen LogP) is 7.46. The predicted molar refractivity (Wildman–Crippen MR) is 143 cm³/mol. The van der Waals surface area contributed by atoms with Crippen LogP contribution in [0.1, 0.15) is 0 Å². The molecule has 4 aromatic heterocycles. The van der Waals surface area contributed by atoms with Crippen LogP contribution in [0.4, 0.5) is 0 Å². The molecule has 7 aromatic rings. The number of hydrogen-bond donors (Lipinski definition) is 0. The van der Waals surface area contributed by atoms with Gasteiger partial charge < -0.3 is 4.57 Å². The van der Waals surface area contributed by atoms with E-state index in [0.29, 0.717) is 0 Å². The summed E-state index contributed by atoms with van der Waals surface area (Å²) < 4.78 is 2.30. The normalized spacial score (nSPS) is 11.4. The number of aromatic nitrogens is 4. The summed E-state index contributed by atoms with van der Waals surface area (Å²) in [5.41, 5.74) is 7.12. The van der Waals surface area contributed by atoms with Gasteiger partial charge in [-0.15, -0.1) is 0 Å². The largest absolute Gasteiger partial charge is 0.308 e. The zero-order valence-corrected chi connectivity index (χ0v) is 18.8. The second-order valence-corrected chi connectivity index (χ2v) is 8.58. The Labute approximate surface area is 202 Å². The third-order valence-corrected chi connectivity index (χ3v) is 6.55. The van der Waals surface area contributed by atoms with E-state index in [-0.39, 0.29) is 0 Å². The van der Waals surface area contributed by atoms with Gasteiger partial charge in [0.05, 0.1) is 40.0 Å². The van der Waals surface area contributed by atoms with Crippen LogP contribution in [-0.2, 0) is 0 Å². The van der Waals surface area contributed by atoms with Crippen molar-refractivity contribution in [1.82, 2.24) is 19.5 Å². The topological polar surface area (TPSA) is 43.6 Å². The molecular weight excluding hydrogens is 428 g/mol. The molecule has 0 bridgehead atoms. The highest BCUT2D eigenvalue weighted by molar-refractivity contribution is 6.21. The number of nitrogens with zero attached hydrogens (tertiary/aromatic N) is 4. The smallest absolute Gasteiger partial charge is 0.0887 e. The molecule has 0 radical (unpaired) electrons. The fourth-order valence-electron chi connectivity index (χ4n) is 4.95. The van der Waals surface area contributed by atoms with Crippen molar-refractivity contribution in [1.29, 1.82) is 0 Å². The highest BCUT2D eigenvalue weighted by atomic mass is 15.0. The fraction of sp³-hybridized carbons (Fsp3) is 0. The van der Waals surface area contributed by atoms with E-state index >= 15 is 0 Å². The van der Waals surface area contributed by atoms with Crippen LogP contribution in [0, 0.1) is 0 Å². The second kappa shape index (κ2) is 7.89. The molecule has 0 fully saturated rings. The minimum atomic E-state index is 0.859. The van der Waals surface area contributed by atoms with Gasteiger partial charge in [-0.2, -0.15) is 0 Å². The zero-order valence-electron chi connectivity index (χ0n) is 18.8. The van der Waals surface area contributed by atoms with Gasteiger partial charge in [-0.25, -0.2) is 0 Å². The number of fused-ring (bicyclic) bond motifs is 5. The van der Waals surface area contributed by atoms with Gasteiger partial charge in [0.15, 0.2) is 0 Å². The SMILES string of the molecule is c1ccc(-c2ccc3c(c2)c2c4ccccc4ccc2n3-c2ccc(-c3ccccn3)nc2)nc1. The molecule has 3 aromatic carbocycles. The quantitative estimate of drug-likeness (QED) is 0.282. The van der Waals surface area contributed by atoms with Crippen LogP contribution in [0.2, 0.25) is 0 Å². The van der Waals surface area contributed by atoms with E-state index in [9.17, 15) is 0 Å². The summed E-state index contributed by atoms with van der Waals surface area (Å²) >= 11 is 0. The lowest BCUT2D eigenvalue weighted by Gasteiger charge is -2.09. The first-order valence-electron chi connectivity index (χ1n) is 11.6. The van der Waals surface area contributed by atoms with Gasteiger partial charge in [0.25, 0.3) is 0 Å². The van der Waals surface area contributed by atoms with E-state index in [1.165, 1.54) is 21.5 Å². The van der Waals surface area contributed by atoms with Gasteiger partial charge >= 0.3 is 0 Å². The Kier molecular flexibility index (Phi) is 4.42. The minimum Gasteiger partial charge on any atom is -0.308 e. The first kappa shape index (κ1) is 19.6. The third kappa shape index (κ3) is 3.19. The summed E-state index contributed by atoms with van der Waals surface area (Å²) in [5, 5.41) is 4.91. The van der Waals surface area contributed by atoms with Crippen LogP contribution in [0.3, 0.4) is 0 Å². The molecule has 0 saturated carbocycles. The fourth-order valence-corrected chi connectivity index (χ4v) is 4.95. The molecule has 0 atom stereocenters. The third-order valence-electron chi connectivity index (χ3n) is 6.55. The number of benzene rings is 3. The molecule has 4 heterocycles. The van der Waals surface area contributed by atoms with Crippen molar-refractivity contribution in [3.05, 3.63) is 122 Å². The summed E-state index contributed by atoms with van der Waals surface area (Å²) in [4.78, 5) is 13.8. The lowest BCUT2D eigenvalue weighted by molar-refractivity contribution is 1.14. The van der Waals surface area contributed by atoms with Crippen LogP contribution < -0.4 is 0 Å². The van der Waals surface area contributed by atoms with Gasteiger partial charge in [0.1, 0.15) is 0 Å². The summed E-state index contributed by atoms with van der Waals surface area (Å²) in [6.45, 7) is 0. The van der Waals surface area contributed by atoms with Crippen LogP contribution >= 0.6 is 0 Å². The Balaban J connectivity index is 1.51. The highest BCUT2D eigenvalue weighted by Crippen LogP contribution is 2.38. The molecule has 0 amide bonds. The van der Waals surface area contributed by atoms with Gasteiger partial charge in [-0.3, -0.25) is 15.0 Å². The monoisotopic (exact) mass is 448 g/mol. The Morgan fingerprint density at radius 1 is 0.514 bits per heavy atom. The van der Waals surface area contributed by atoms with Crippen LogP contribution in [0.5, 0.6) is 0 Å². The molecule has 0 spiro atoms. The maximum Gasteiger partial charge on any atom is 0.0887 e. The summed E-state index contributed by atoms with van der Waals surface area (Å²) in [5.74, 6) is 0. The van der Waals surface area contributed by atoms with Crippen LogP contribution in [0.15, 0.2) is 122 Å². The maximum absolute atomic E-state index is 4.75. The molecule has 0 aliphatic carbocycles. The van der Waals surface area contributed by atoms with Crippen molar-refractivity contribution >= 4 is 32.6 Å². The zero-order chi connectivity index (χ0) is 23.2. The van der Waals surface area contributed by atoms with Gasteiger partial charge in [-0.05, 0) is 65.4 Å². The van der Waals surface area contributed by atoms with E-state index in [2.05, 4.69) is 81.3 Å². The highest BCUT2D eigenvalue weighted by Gasteiger charge is 2.16. The van der Waals surface area contributed by atoms with Crippen LogP contribution in [-0.4, -0.2) is 19.5 Å². The van der Waals surface area contributed by atoms with E-state index in [0.717, 1.165) is 39.4 Å². The molecule has 0 aliphatic rings. The average molecular weight is 449 g/mol. The number of rotatable bonds is 3. The standard InChI is InChI=1S/C31H20N4/c1-2-8-24-21(7-1)11-16-30-31(24)25-19-22(26-9-3-5-17-32-26)12-15-29(25)35(30)23-13-14-28(34-20-23)27-10-4-6-18-33-27/h1-20H.